The van der Waals surface area contributed by atoms with Crippen molar-refractivity contribution < 1.29 is 18.6 Å². The van der Waals surface area contributed by atoms with E-state index in [0.717, 1.165) is 0 Å². The summed E-state index contributed by atoms with van der Waals surface area (Å²) in [6, 6.07) is 8.14. The Labute approximate surface area is 193 Å². The predicted molar refractivity (Wildman–Crippen MR) is 127 cm³/mol. The molecule has 33 heavy (non-hydrogen) atoms. The molecule has 2 heterocycles. The van der Waals surface area contributed by atoms with Crippen molar-refractivity contribution >= 4 is 30.5 Å². The van der Waals surface area contributed by atoms with E-state index in [2.05, 4.69) is 20.0 Å². The lowest BCUT2D eigenvalue weighted by Crippen LogP contribution is -2.36. The number of nitrogens with zero attached hydrogens (tertiary/aromatic N) is 4. The number of para-hydroxylation sites is 1. The third-order valence-corrected chi connectivity index (χ3v) is 7.08. The van der Waals surface area contributed by atoms with E-state index in [1.165, 1.54) is 6.33 Å². The molecule has 3 N–H and O–H groups in total. The van der Waals surface area contributed by atoms with Crippen LogP contribution in [0.15, 0.2) is 43.0 Å². The summed E-state index contributed by atoms with van der Waals surface area (Å²) in [4.78, 5) is 24.8. The number of nitrogen functional groups attached to an aromatic ring is 1. The van der Waals surface area contributed by atoms with Gasteiger partial charge in [-0.25, -0.2) is 20.0 Å². The fourth-order valence-electron chi connectivity index (χ4n) is 3.32. The van der Waals surface area contributed by atoms with Crippen LogP contribution < -0.4 is 15.3 Å². The second-order valence-corrected chi connectivity index (χ2v) is 10.6. The van der Waals surface area contributed by atoms with Crippen molar-refractivity contribution in [3.05, 3.63) is 43.0 Å². The van der Waals surface area contributed by atoms with E-state index < -0.39 is 19.5 Å². The summed E-state index contributed by atoms with van der Waals surface area (Å²) >= 11 is 0. The van der Waals surface area contributed by atoms with Crippen molar-refractivity contribution in [1.82, 2.24) is 24.6 Å². The molecule has 0 saturated carbocycles. The van der Waals surface area contributed by atoms with Crippen LogP contribution in [0, 0.1) is 5.92 Å². The van der Waals surface area contributed by atoms with Gasteiger partial charge in [-0.2, -0.15) is 0 Å². The lowest BCUT2D eigenvalue weighted by Gasteiger charge is -2.25. The Morgan fingerprint density at radius 2 is 1.88 bits per heavy atom. The lowest BCUT2D eigenvalue weighted by atomic mass is 10.1. The van der Waals surface area contributed by atoms with Gasteiger partial charge in [-0.1, -0.05) is 25.1 Å². The third-order valence-electron chi connectivity index (χ3n) is 4.95. The highest BCUT2D eigenvalue weighted by Crippen LogP contribution is 2.45. The maximum absolute atomic E-state index is 13.7. The fraction of sp³-hybridized carbons (Fsp3) is 0.455. The van der Waals surface area contributed by atoms with Crippen molar-refractivity contribution in [3.63, 3.8) is 0 Å². The molecular formula is C22H31N6O4P. The summed E-state index contributed by atoms with van der Waals surface area (Å²) in [5, 5.41) is 2.90. The summed E-state index contributed by atoms with van der Waals surface area (Å²) in [7, 11) is -3.42. The van der Waals surface area contributed by atoms with Gasteiger partial charge < -0.3 is 19.6 Å². The topological polar surface area (TPSA) is 134 Å². The van der Waals surface area contributed by atoms with E-state index in [1.807, 2.05) is 17.6 Å². The molecule has 11 heteroatoms. The largest absolute Gasteiger partial charge is 0.462 e. The first kappa shape index (κ1) is 24.7. The molecule has 0 bridgehead atoms. The molecule has 1 unspecified atom stereocenters. The number of benzene rings is 1. The molecule has 10 nitrogen and oxygen atoms in total. The first-order chi connectivity index (χ1) is 15.7. The van der Waals surface area contributed by atoms with Gasteiger partial charge in [-0.05, 0) is 45.2 Å². The van der Waals surface area contributed by atoms with Crippen LogP contribution in [0.3, 0.4) is 0 Å². The van der Waals surface area contributed by atoms with Crippen LogP contribution in [0.25, 0.3) is 11.2 Å². The minimum absolute atomic E-state index is 0.117. The number of carbonyl (C=O) groups excluding carboxylic acids is 1. The molecule has 0 amide bonds. The molecule has 0 spiro atoms. The second kappa shape index (κ2) is 10.8. The van der Waals surface area contributed by atoms with Crippen LogP contribution >= 0.6 is 7.52 Å². The van der Waals surface area contributed by atoms with Crippen molar-refractivity contribution in [1.29, 1.82) is 0 Å². The fourth-order valence-corrected chi connectivity index (χ4v) is 5.53. The third kappa shape index (κ3) is 6.76. The summed E-state index contributed by atoms with van der Waals surface area (Å²) in [5.74, 6) is 0.444. The van der Waals surface area contributed by atoms with E-state index >= 15 is 0 Å². The second-order valence-electron chi connectivity index (χ2n) is 8.36. The number of hydrogen-bond donors (Lipinski definition) is 2. The molecule has 3 atom stereocenters. The Morgan fingerprint density at radius 1 is 1.15 bits per heavy atom. The van der Waals surface area contributed by atoms with E-state index in [9.17, 15) is 9.36 Å². The summed E-state index contributed by atoms with van der Waals surface area (Å²) < 4.78 is 26.8. The van der Waals surface area contributed by atoms with Crippen molar-refractivity contribution in [3.8, 4) is 5.75 Å². The van der Waals surface area contributed by atoms with Gasteiger partial charge in [0.2, 0.25) is 0 Å². The summed E-state index contributed by atoms with van der Waals surface area (Å²) in [6.45, 7) is 7.80. The highest BCUT2D eigenvalue weighted by molar-refractivity contribution is 7.57. The minimum atomic E-state index is -3.42. The number of ether oxygens (including phenoxy) is 1. The average Bonchev–Trinajstić information content (AvgIpc) is 3.16. The van der Waals surface area contributed by atoms with E-state index in [4.69, 9.17) is 15.0 Å². The van der Waals surface area contributed by atoms with Crippen molar-refractivity contribution in [2.75, 3.05) is 11.9 Å². The Morgan fingerprint density at radius 3 is 2.58 bits per heavy atom. The highest BCUT2D eigenvalue weighted by atomic mass is 31.2. The molecule has 0 aliphatic carbocycles. The number of esters is 1. The zero-order chi connectivity index (χ0) is 24.0. The Balaban J connectivity index is 1.70. The minimum Gasteiger partial charge on any atom is -0.462 e. The van der Waals surface area contributed by atoms with Crippen LogP contribution in [0.4, 0.5) is 5.82 Å². The summed E-state index contributed by atoms with van der Waals surface area (Å²) in [5.41, 5.74) is 7.08. The number of imidazole rings is 1. The van der Waals surface area contributed by atoms with Crippen LogP contribution in [0.2, 0.25) is 0 Å². The number of rotatable bonds is 11. The molecule has 0 saturated heterocycles. The molecule has 3 aromatic rings. The number of hydrogen-bond acceptors (Lipinski definition) is 8. The zero-order valence-corrected chi connectivity index (χ0v) is 20.2. The van der Waals surface area contributed by atoms with Crippen LogP contribution in [0.5, 0.6) is 5.75 Å². The molecule has 178 valence electrons. The SMILES string of the molecule is CC(C)OC(=O)[C@H](C)NP(=O)(CC[C@H](C)Cn1cnc2c(N)ncnc21)Oc1ccccc1. The number of aromatic nitrogens is 4. The van der Waals surface area contributed by atoms with E-state index in [-0.39, 0.29) is 18.2 Å². The lowest BCUT2D eigenvalue weighted by molar-refractivity contribution is -0.149. The van der Waals surface area contributed by atoms with Crippen LogP contribution in [-0.4, -0.2) is 43.8 Å². The van der Waals surface area contributed by atoms with E-state index in [1.54, 1.807) is 51.4 Å². The van der Waals surface area contributed by atoms with Gasteiger partial charge in [-0.15, -0.1) is 0 Å². The van der Waals surface area contributed by atoms with Gasteiger partial charge in [0.05, 0.1) is 12.4 Å². The van der Waals surface area contributed by atoms with Gasteiger partial charge in [-0.3, -0.25) is 9.36 Å². The van der Waals surface area contributed by atoms with Crippen molar-refractivity contribution in [2.24, 2.45) is 5.92 Å². The number of nitrogens with two attached hydrogens (primary N) is 1. The average molecular weight is 475 g/mol. The highest BCUT2D eigenvalue weighted by Gasteiger charge is 2.31. The number of fused-ring (bicyclic) bond motifs is 1. The molecule has 0 aliphatic rings. The monoisotopic (exact) mass is 474 g/mol. The van der Waals surface area contributed by atoms with Gasteiger partial charge in [0.25, 0.3) is 0 Å². The van der Waals surface area contributed by atoms with E-state index in [0.29, 0.717) is 35.7 Å². The van der Waals surface area contributed by atoms with Gasteiger partial charge in [0.1, 0.15) is 23.6 Å². The van der Waals surface area contributed by atoms with Gasteiger partial charge in [0, 0.05) is 12.7 Å². The van der Waals surface area contributed by atoms with Gasteiger partial charge in [0.15, 0.2) is 11.5 Å². The molecule has 0 radical (unpaired) electrons. The first-order valence-corrected chi connectivity index (χ1v) is 12.7. The van der Waals surface area contributed by atoms with Crippen LogP contribution in [-0.2, 0) is 20.6 Å². The quantitative estimate of drug-likeness (QED) is 0.315. The molecule has 0 aliphatic heterocycles. The van der Waals surface area contributed by atoms with Gasteiger partial charge >= 0.3 is 13.5 Å². The molecule has 2 aromatic heterocycles. The Hall–Kier alpha value is -2.97. The van der Waals surface area contributed by atoms with Crippen molar-refractivity contribution in [2.45, 2.75) is 52.8 Å². The number of carbonyl (C=O) groups is 1. The predicted octanol–water partition coefficient (Wildman–Crippen LogP) is 3.64. The maximum atomic E-state index is 13.7. The molecular weight excluding hydrogens is 443 g/mol. The standard InChI is InChI=1S/C22H31N6O4P/c1-15(2)31-22(29)17(4)27-33(30,32-18-8-6-5-7-9-18)11-10-16(3)12-28-14-26-19-20(23)24-13-25-21(19)28/h5-9,13-17H,10-12H2,1-4H3,(H,27,30)(H2,23,24,25)/t16-,17-,33?/m0/s1. The normalized spacial score (nSPS) is 15.2. The Bertz CT molecular complexity index is 1120. The molecule has 1 aromatic carbocycles. The smallest absolute Gasteiger partial charge is 0.323 e. The number of nitrogens with one attached hydrogen (secondary N) is 1. The Kier molecular flexibility index (Phi) is 8.05. The first-order valence-electron chi connectivity index (χ1n) is 10.9. The number of anilines is 1. The maximum Gasteiger partial charge on any atom is 0.323 e. The van der Waals surface area contributed by atoms with Crippen LogP contribution in [0.1, 0.15) is 34.1 Å². The summed E-state index contributed by atoms with van der Waals surface area (Å²) in [6.07, 6.45) is 3.62. The molecule has 3 rings (SSSR count). The molecule has 0 fully saturated rings. The zero-order valence-electron chi connectivity index (χ0n) is 19.3.